The van der Waals surface area contributed by atoms with Gasteiger partial charge in [-0.05, 0) is 68.3 Å². The Kier molecular flexibility index (Phi) is 13.8. The van der Waals surface area contributed by atoms with Crippen molar-refractivity contribution in [2.75, 3.05) is 38.2 Å². The summed E-state index contributed by atoms with van der Waals surface area (Å²) < 4.78 is 45.8. The Labute approximate surface area is 281 Å². The molecule has 0 aliphatic carbocycles. The van der Waals surface area contributed by atoms with Crippen molar-refractivity contribution in [3.05, 3.63) is 76.3 Å². The summed E-state index contributed by atoms with van der Waals surface area (Å²) in [7, 11) is -1.53. The van der Waals surface area contributed by atoms with Gasteiger partial charge in [-0.3, -0.25) is 13.9 Å². The highest BCUT2D eigenvalue weighted by molar-refractivity contribution is 7.92. The summed E-state index contributed by atoms with van der Waals surface area (Å²) in [4.78, 5) is 29.0. The van der Waals surface area contributed by atoms with Crippen molar-refractivity contribution >= 4 is 50.7 Å². The van der Waals surface area contributed by atoms with Gasteiger partial charge in [0.15, 0.2) is 11.5 Å². The molecule has 3 rings (SSSR count). The molecule has 0 fully saturated rings. The minimum atomic E-state index is -4.37. The summed E-state index contributed by atoms with van der Waals surface area (Å²) in [5.74, 6) is 0.0826. The molecule has 0 saturated carbocycles. The Hall–Kier alpha value is -3.67. The number of carbonyl (C=O) groups is 2. The summed E-state index contributed by atoms with van der Waals surface area (Å²) >= 11 is 13.0. The fraction of sp³-hybridized carbons (Fsp3) is 0.394. The van der Waals surface area contributed by atoms with E-state index in [2.05, 4.69) is 5.32 Å². The molecule has 0 heterocycles. The van der Waals surface area contributed by atoms with Crippen LogP contribution in [0.15, 0.2) is 65.6 Å². The average molecular weight is 695 g/mol. The highest BCUT2D eigenvalue weighted by Gasteiger charge is 2.34. The van der Waals surface area contributed by atoms with E-state index in [1.54, 1.807) is 49.4 Å². The molecule has 13 heteroatoms. The molecule has 10 nitrogen and oxygen atoms in total. The molecule has 0 aromatic heterocycles. The first-order chi connectivity index (χ1) is 22.0. The highest BCUT2D eigenvalue weighted by Crippen LogP contribution is 2.33. The zero-order valence-corrected chi connectivity index (χ0v) is 29.0. The minimum Gasteiger partial charge on any atom is -0.494 e. The van der Waals surface area contributed by atoms with E-state index in [0.29, 0.717) is 40.3 Å². The number of sulfonamides is 1. The van der Waals surface area contributed by atoms with Gasteiger partial charge in [0.05, 0.1) is 31.4 Å². The highest BCUT2D eigenvalue weighted by atomic mass is 35.5. The Bertz CT molecular complexity index is 1570. The second-order valence-electron chi connectivity index (χ2n) is 10.2. The van der Waals surface area contributed by atoms with Gasteiger partial charge in [0, 0.05) is 34.8 Å². The molecule has 1 N–H and O–H groups in total. The van der Waals surface area contributed by atoms with Gasteiger partial charge >= 0.3 is 0 Å². The Morgan fingerprint density at radius 3 is 2.13 bits per heavy atom. The summed E-state index contributed by atoms with van der Waals surface area (Å²) in [5.41, 5.74) is 0.650. The van der Waals surface area contributed by atoms with Crippen LogP contribution >= 0.6 is 23.2 Å². The van der Waals surface area contributed by atoms with Gasteiger partial charge in [-0.1, -0.05) is 49.5 Å². The lowest BCUT2D eigenvalue weighted by Crippen LogP contribution is -2.52. The Morgan fingerprint density at radius 1 is 0.913 bits per heavy atom. The number of carbonyl (C=O) groups excluding carboxylic acids is 2. The number of amides is 2. The molecule has 46 heavy (non-hydrogen) atoms. The summed E-state index contributed by atoms with van der Waals surface area (Å²) in [5, 5.41) is 3.52. The largest absolute Gasteiger partial charge is 0.494 e. The zero-order valence-electron chi connectivity index (χ0n) is 26.7. The van der Waals surface area contributed by atoms with E-state index in [9.17, 15) is 18.0 Å². The van der Waals surface area contributed by atoms with E-state index < -0.39 is 28.5 Å². The maximum atomic E-state index is 14.3. The van der Waals surface area contributed by atoms with E-state index in [-0.39, 0.29) is 35.2 Å². The third kappa shape index (κ3) is 8.98. The number of nitrogens with zero attached hydrogens (tertiary/aromatic N) is 2. The topological polar surface area (TPSA) is 114 Å². The number of hydrogen-bond donors (Lipinski definition) is 1. The molecule has 0 bridgehead atoms. The Morgan fingerprint density at radius 2 is 1.57 bits per heavy atom. The molecule has 0 spiro atoms. The fourth-order valence-corrected chi connectivity index (χ4v) is 6.73. The van der Waals surface area contributed by atoms with Crippen LogP contribution < -0.4 is 23.8 Å². The van der Waals surface area contributed by atoms with Gasteiger partial charge in [0.25, 0.3) is 10.0 Å². The van der Waals surface area contributed by atoms with Crippen LogP contribution in [0, 0.1) is 0 Å². The van der Waals surface area contributed by atoms with E-state index in [0.717, 1.165) is 17.1 Å². The first kappa shape index (κ1) is 36.8. The molecule has 3 aromatic rings. The van der Waals surface area contributed by atoms with Gasteiger partial charge in [-0.25, -0.2) is 8.42 Å². The second kappa shape index (κ2) is 17.3. The van der Waals surface area contributed by atoms with Crippen molar-refractivity contribution in [2.45, 2.75) is 57.5 Å². The number of unbranched alkanes of at least 4 members (excludes halogenated alkanes) is 1. The average Bonchev–Trinajstić information content (AvgIpc) is 3.05. The lowest BCUT2D eigenvalue weighted by molar-refractivity contribution is -0.140. The first-order valence-corrected chi connectivity index (χ1v) is 17.2. The van der Waals surface area contributed by atoms with Gasteiger partial charge in [0.2, 0.25) is 11.8 Å². The lowest BCUT2D eigenvalue weighted by Gasteiger charge is -2.33. The molecule has 250 valence electrons. The number of hydrogen-bond acceptors (Lipinski definition) is 7. The number of methoxy groups -OCH3 is 2. The number of nitrogens with one attached hydrogen (secondary N) is 1. The zero-order chi connectivity index (χ0) is 33.9. The number of anilines is 1. The van der Waals surface area contributed by atoms with Crippen molar-refractivity contribution in [2.24, 2.45) is 0 Å². The van der Waals surface area contributed by atoms with Crippen LogP contribution in [-0.2, 0) is 26.2 Å². The molecule has 0 aliphatic heterocycles. The van der Waals surface area contributed by atoms with Gasteiger partial charge < -0.3 is 24.4 Å². The number of rotatable bonds is 17. The van der Waals surface area contributed by atoms with E-state index in [1.165, 1.54) is 37.3 Å². The predicted octanol–water partition coefficient (Wildman–Crippen LogP) is 6.33. The molecule has 1 atom stereocenters. The number of benzene rings is 3. The molecule has 0 aliphatic rings. The standard InChI is InChI=1S/C33H41Cl2N3O7S/c1-6-9-19-36-33(40)29(7-2)37(21-26-27(34)11-10-12-28(26)35)32(39)22-38(23-13-15-24(16-14-23)45-8-3)46(41,42)25-17-18-30(43-4)31(20-25)44-5/h10-18,20,29H,6-9,19,21-22H2,1-5H3,(H,36,40). The first-order valence-electron chi connectivity index (χ1n) is 15.0. The van der Waals surface area contributed by atoms with E-state index in [1.807, 2.05) is 13.8 Å². The third-order valence-electron chi connectivity index (χ3n) is 7.26. The lowest BCUT2D eigenvalue weighted by atomic mass is 10.1. The SMILES string of the molecule is CCCCNC(=O)C(CC)N(Cc1c(Cl)cccc1Cl)C(=O)CN(c1ccc(OCC)cc1)S(=O)(=O)c1ccc(OC)c(OC)c1. The van der Waals surface area contributed by atoms with Crippen molar-refractivity contribution in [3.8, 4) is 17.2 Å². The minimum absolute atomic E-state index is 0.120. The maximum absolute atomic E-state index is 14.3. The fourth-order valence-electron chi connectivity index (χ4n) is 4.79. The number of ether oxygens (including phenoxy) is 3. The van der Waals surface area contributed by atoms with E-state index >= 15 is 0 Å². The molecule has 0 radical (unpaired) electrons. The van der Waals surface area contributed by atoms with Crippen molar-refractivity contribution < 1.29 is 32.2 Å². The van der Waals surface area contributed by atoms with Crippen molar-refractivity contribution in [1.29, 1.82) is 0 Å². The molecule has 0 saturated heterocycles. The number of halogens is 2. The van der Waals surface area contributed by atoms with Crippen molar-refractivity contribution in [1.82, 2.24) is 10.2 Å². The molecule has 3 aromatic carbocycles. The molecule has 2 amide bonds. The smallest absolute Gasteiger partial charge is 0.264 e. The second-order valence-corrected chi connectivity index (χ2v) is 12.9. The molecule has 1 unspecified atom stereocenters. The summed E-state index contributed by atoms with van der Waals surface area (Å²) in [6, 6.07) is 14.6. The quantitative estimate of drug-likeness (QED) is 0.164. The van der Waals surface area contributed by atoms with E-state index in [4.69, 9.17) is 37.4 Å². The van der Waals surface area contributed by atoms with Gasteiger partial charge in [-0.2, -0.15) is 0 Å². The van der Waals surface area contributed by atoms with Gasteiger partial charge in [0.1, 0.15) is 18.3 Å². The van der Waals surface area contributed by atoms with Crippen LogP contribution in [0.3, 0.4) is 0 Å². The summed E-state index contributed by atoms with van der Waals surface area (Å²) in [6.45, 7) is 5.73. The maximum Gasteiger partial charge on any atom is 0.264 e. The van der Waals surface area contributed by atoms with Crippen LogP contribution in [0.25, 0.3) is 0 Å². The van der Waals surface area contributed by atoms with Crippen LogP contribution in [0.5, 0.6) is 17.2 Å². The predicted molar refractivity (Wildman–Crippen MR) is 181 cm³/mol. The normalized spacial score (nSPS) is 11.8. The molecular weight excluding hydrogens is 653 g/mol. The van der Waals surface area contributed by atoms with Crippen molar-refractivity contribution in [3.63, 3.8) is 0 Å². The van der Waals surface area contributed by atoms with Crippen LogP contribution in [-0.4, -0.2) is 65.1 Å². The monoisotopic (exact) mass is 693 g/mol. The van der Waals surface area contributed by atoms with Gasteiger partial charge in [-0.15, -0.1) is 0 Å². The van der Waals surface area contributed by atoms with Crippen LogP contribution in [0.1, 0.15) is 45.6 Å². The van der Waals surface area contributed by atoms with Crippen LogP contribution in [0.4, 0.5) is 5.69 Å². The summed E-state index contributed by atoms with van der Waals surface area (Å²) in [6.07, 6.45) is 1.90. The van der Waals surface area contributed by atoms with Crippen LogP contribution in [0.2, 0.25) is 10.0 Å². The third-order valence-corrected chi connectivity index (χ3v) is 9.74. The Balaban J connectivity index is 2.13. The molecular formula is C33H41Cl2N3O7S.